The Labute approximate surface area is 159 Å². The van der Waals surface area contributed by atoms with E-state index in [-0.39, 0.29) is 5.91 Å². The molecule has 0 saturated carbocycles. The molecule has 1 N–H and O–H groups in total. The van der Waals surface area contributed by atoms with Gasteiger partial charge < -0.3 is 9.73 Å². The van der Waals surface area contributed by atoms with Gasteiger partial charge in [0.15, 0.2) is 0 Å². The topological polar surface area (TPSA) is 78.9 Å². The first-order valence-corrected chi connectivity index (χ1v) is 8.78. The minimum Gasteiger partial charge on any atom is -0.455 e. The molecule has 1 aromatic carbocycles. The van der Waals surface area contributed by atoms with Gasteiger partial charge in [-0.1, -0.05) is 11.6 Å². The largest absolute Gasteiger partial charge is 0.455 e. The summed E-state index contributed by atoms with van der Waals surface area (Å²) in [4.78, 5) is 17.4. The second-order valence-corrected chi connectivity index (χ2v) is 7.02. The van der Waals surface area contributed by atoms with Crippen LogP contribution in [0, 0.1) is 18.3 Å². The van der Waals surface area contributed by atoms with Gasteiger partial charge in [0.1, 0.15) is 17.2 Å². The van der Waals surface area contributed by atoms with Crippen molar-refractivity contribution >= 4 is 34.4 Å². The number of nitrogens with zero attached hydrogens (tertiary/aromatic N) is 2. The van der Waals surface area contributed by atoms with Crippen molar-refractivity contribution < 1.29 is 9.21 Å². The molecule has 0 radical (unpaired) electrons. The molecule has 5 nitrogen and oxygen atoms in total. The van der Waals surface area contributed by atoms with Crippen molar-refractivity contribution in [2.24, 2.45) is 0 Å². The van der Waals surface area contributed by atoms with Gasteiger partial charge in [0.2, 0.25) is 0 Å². The Morgan fingerprint density at radius 2 is 2.07 bits per heavy atom. The van der Waals surface area contributed by atoms with Crippen LogP contribution in [0.15, 0.2) is 40.9 Å². The van der Waals surface area contributed by atoms with Crippen molar-refractivity contribution in [3.63, 3.8) is 0 Å². The molecule has 27 heavy (non-hydrogen) atoms. The minimum absolute atomic E-state index is 0.304. The number of nitriles is 1. The normalized spacial score (nSPS) is 12.0. The van der Waals surface area contributed by atoms with Crippen LogP contribution in [0.5, 0.6) is 0 Å². The second kappa shape index (κ2) is 5.57. The number of halogens is 1. The van der Waals surface area contributed by atoms with Crippen molar-refractivity contribution in [1.82, 2.24) is 4.98 Å². The first kappa shape index (κ1) is 15.9. The Hall–Kier alpha value is -3.36. The number of aromatic nitrogens is 1. The molecule has 1 aliphatic carbocycles. The van der Waals surface area contributed by atoms with Crippen molar-refractivity contribution in [2.75, 3.05) is 5.32 Å². The van der Waals surface area contributed by atoms with Gasteiger partial charge in [-0.3, -0.25) is 9.78 Å². The third-order valence-corrected chi connectivity index (χ3v) is 5.05. The summed E-state index contributed by atoms with van der Waals surface area (Å²) in [5, 5.41) is 12.6. The van der Waals surface area contributed by atoms with Gasteiger partial charge >= 0.3 is 0 Å². The number of carbonyl (C=O) groups is 1. The van der Waals surface area contributed by atoms with Gasteiger partial charge in [-0.2, -0.15) is 5.26 Å². The highest BCUT2D eigenvalue weighted by atomic mass is 35.5. The number of hydrogen-bond donors (Lipinski definition) is 1. The molecule has 2 bridgehead atoms. The number of fused-ring (bicyclic) bond motifs is 5. The van der Waals surface area contributed by atoms with Crippen LogP contribution in [0.4, 0.5) is 5.69 Å². The summed E-state index contributed by atoms with van der Waals surface area (Å²) in [6.07, 6.45) is 2.58. The molecule has 0 saturated heterocycles. The highest BCUT2D eigenvalue weighted by molar-refractivity contribution is 6.30. The molecule has 0 fully saturated rings. The van der Waals surface area contributed by atoms with Gasteiger partial charge in [-0.15, -0.1) is 0 Å². The Kier molecular flexibility index (Phi) is 3.27. The van der Waals surface area contributed by atoms with E-state index < -0.39 is 0 Å². The SMILES string of the molecule is Cc1cc(-c2c(C(=O)Nc3ccc(Cl)cc3C#N)c3oc2c2c3C2)ccn1. The third kappa shape index (κ3) is 2.38. The molecule has 3 heterocycles. The number of carbonyl (C=O) groups excluding carboxylic acids is 1. The number of furan rings is 2. The summed E-state index contributed by atoms with van der Waals surface area (Å²) in [7, 11) is 0. The van der Waals surface area contributed by atoms with Crippen LogP contribution in [0.25, 0.3) is 22.3 Å². The van der Waals surface area contributed by atoms with Gasteiger partial charge in [-0.05, 0) is 42.8 Å². The number of amides is 1. The quantitative estimate of drug-likeness (QED) is 0.486. The lowest BCUT2D eigenvalue weighted by molar-refractivity contribution is 0.102. The molecule has 5 rings (SSSR count). The number of benzene rings is 2. The fourth-order valence-electron chi connectivity index (χ4n) is 3.52. The lowest BCUT2D eigenvalue weighted by atomic mass is 9.99. The lowest BCUT2D eigenvalue weighted by Crippen LogP contribution is -2.13. The van der Waals surface area contributed by atoms with Crippen LogP contribution in [0.1, 0.15) is 32.7 Å². The zero-order valence-electron chi connectivity index (χ0n) is 14.3. The number of aryl methyl sites for hydroxylation is 1. The molecular weight excluding hydrogens is 362 g/mol. The van der Waals surface area contributed by atoms with E-state index in [1.54, 1.807) is 18.3 Å². The van der Waals surface area contributed by atoms with Crippen LogP contribution in [0.3, 0.4) is 0 Å². The Morgan fingerprint density at radius 1 is 1.26 bits per heavy atom. The predicted octanol–water partition coefficient (Wildman–Crippen LogP) is 4.92. The van der Waals surface area contributed by atoms with E-state index in [1.165, 1.54) is 11.6 Å². The van der Waals surface area contributed by atoms with Crippen molar-refractivity contribution in [1.29, 1.82) is 5.26 Å². The number of hydrogen-bond acceptors (Lipinski definition) is 4. The molecule has 4 aromatic rings. The van der Waals surface area contributed by atoms with E-state index in [0.717, 1.165) is 34.4 Å². The zero-order valence-corrected chi connectivity index (χ0v) is 15.0. The average Bonchev–Trinajstić information content (AvgIpc) is 3.27. The van der Waals surface area contributed by atoms with Gasteiger partial charge in [0.25, 0.3) is 5.91 Å². The van der Waals surface area contributed by atoms with Crippen molar-refractivity contribution in [2.45, 2.75) is 13.3 Å². The molecule has 0 atom stereocenters. The van der Waals surface area contributed by atoms with E-state index in [2.05, 4.69) is 16.4 Å². The van der Waals surface area contributed by atoms with Gasteiger partial charge in [-0.25, -0.2) is 0 Å². The molecule has 1 aliphatic rings. The molecule has 0 spiro atoms. The van der Waals surface area contributed by atoms with Crippen molar-refractivity contribution in [3.8, 4) is 17.2 Å². The summed E-state index contributed by atoms with van der Waals surface area (Å²) in [6.45, 7) is 1.91. The van der Waals surface area contributed by atoms with E-state index >= 15 is 0 Å². The highest BCUT2D eigenvalue weighted by Crippen LogP contribution is 2.50. The van der Waals surface area contributed by atoms with Crippen LogP contribution in [0.2, 0.25) is 5.02 Å². The number of anilines is 1. The second-order valence-electron chi connectivity index (χ2n) is 6.59. The van der Waals surface area contributed by atoms with E-state index in [9.17, 15) is 10.1 Å². The van der Waals surface area contributed by atoms with Crippen LogP contribution in [-0.2, 0) is 6.42 Å². The summed E-state index contributed by atoms with van der Waals surface area (Å²) in [6, 6.07) is 10.7. The fourth-order valence-corrected chi connectivity index (χ4v) is 3.69. The minimum atomic E-state index is -0.304. The predicted molar refractivity (Wildman–Crippen MR) is 102 cm³/mol. The van der Waals surface area contributed by atoms with Gasteiger partial charge in [0.05, 0.1) is 16.8 Å². The third-order valence-electron chi connectivity index (χ3n) is 4.81. The Morgan fingerprint density at radius 3 is 2.85 bits per heavy atom. The fraction of sp³-hybridized carbons (Fsp3) is 0.0952. The van der Waals surface area contributed by atoms with Crippen LogP contribution >= 0.6 is 11.6 Å². The smallest absolute Gasteiger partial charge is 0.260 e. The Balaban J connectivity index is 1.62. The maximum Gasteiger partial charge on any atom is 0.260 e. The maximum absolute atomic E-state index is 13.1. The lowest BCUT2D eigenvalue weighted by Gasteiger charge is -2.09. The standard InChI is InChI=1S/C21H12ClN3O2/c1-10-6-11(4-5-24-10)17-18(20-15-8-14(15)19(17)27-20)21(26)25-16-3-2-13(22)7-12(16)9-23/h2-7H,8H2,1H3,(H,25,26). The Bertz CT molecular complexity index is 1280. The number of pyridine rings is 1. The van der Waals surface area contributed by atoms with Gasteiger partial charge in [0, 0.05) is 40.0 Å². The molecular formula is C21H12ClN3O2. The highest BCUT2D eigenvalue weighted by Gasteiger charge is 2.38. The molecule has 6 heteroatoms. The molecule has 0 aliphatic heterocycles. The first-order valence-electron chi connectivity index (χ1n) is 8.40. The molecule has 0 unspecified atom stereocenters. The molecule has 3 aromatic heterocycles. The average molecular weight is 374 g/mol. The van der Waals surface area contributed by atoms with Crippen LogP contribution in [-0.4, -0.2) is 10.9 Å². The summed E-state index contributed by atoms with van der Waals surface area (Å²) < 4.78 is 5.91. The zero-order chi connectivity index (χ0) is 18.7. The number of nitrogens with one attached hydrogen (secondary N) is 1. The summed E-state index contributed by atoms with van der Waals surface area (Å²) in [5.41, 5.74) is 7.46. The molecule has 1 amide bonds. The summed E-state index contributed by atoms with van der Waals surface area (Å²) >= 11 is 5.94. The molecule has 130 valence electrons. The first-order chi connectivity index (χ1) is 13.1. The van der Waals surface area contributed by atoms with E-state index in [1.807, 2.05) is 19.1 Å². The van der Waals surface area contributed by atoms with Crippen LogP contribution < -0.4 is 5.32 Å². The van der Waals surface area contributed by atoms with E-state index in [0.29, 0.717) is 27.4 Å². The summed E-state index contributed by atoms with van der Waals surface area (Å²) in [5.74, 6) is -0.304. The monoisotopic (exact) mass is 373 g/mol. The maximum atomic E-state index is 13.1. The number of rotatable bonds is 3. The van der Waals surface area contributed by atoms with Crippen molar-refractivity contribution in [3.05, 3.63) is 69.5 Å². The van der Waals surface area contributed by atoms with E-state index in [4.69, 9.17) is 16.0 Å².